The molecule has 3 aliphatic heterocycles. The van der Waals surface area contributed by atoms with E-state index in [9.17, 15) is 9.59 Å². The SMILES string of the molecule is CCN1CCN(C(=O)C2CCN(C(=O)c3ccc4c(c3)OCO4)CC2)CC1. The maximum Gasteiger partial charge on any atom is 0.253 e. The number of hydrogen-bond acceptors (Lipinski definition) is 5. The molecule has 1 aromatic carbocycles. The van der Waals surface area contributed by atoms with Crippen LogP contribution in [0.1, 0.15) is 30.1 Å². The lowest BCUT2D eigenvalue weighted by Crippen LogP contribution is -2.51. The average Bonchev–Trinajstić information content (AvgIpc) is 3.21. The minimum atomic E-state index is -0.00393. The Bertz CT molecular complexity index is 707. The number of carbonyl (C=O) groups excluding carboxylic acids is 2. The van der Waals surface area contributed by atoms with Gasteiger partial charge < -0.3 is 24.2 Å². The van der Waals surface area contributed by atoms with E-state index in [-0.39, 0.29) is 24.5 Å². The van der Waals surface area contributed by atoms with Gasteiger partial charge in [0.25, 0.3) is 5.91 Å². The zero-order chi connectivity index (χ0) is 18.8. The van der Waals surface area contributed by atoms with E-state index in [4.69, 9.17) is 9.47 Å². The van der Waals surface area contributed by atoms with E-state index in [1.807, 2.05) is 9.80 Å². The van der Waals surface area contributed by atoms with Crippen LogP contribution in [0.15, 0.2) is 18.2 Å². The van der Waals surface area contributed by atoms with Gasteiger partial charge in [-0.15, -0.1) is 0 Å². The lowest BCUT2D eigenvalue weighted by atomic mass is 9.94. The maximum absolute atomic E-state index is 12.8. The molecular weight excluding hydrogens is 346 g/mol. The van der Waals surface area contributed by atoms with Gasteiger partial charge in [0.2, 0.25) is 12.7 Å². The van der Waals surface area contributed by atoms with E-state index >= 15 is 0 Å². The first kappa shape index (κ1) is 18.1. The number of carbonyl (C=O) groups is 2. The molecule has 1 aromatic rings. The van der Waals surface area contributed by atoms with E-state index in [1.165, 1.54) is 0 Å². The second-order valence-corrected chi connectivity index (χ2v) is 7.39. The zero-order valence-corrected chi connectivity index (χ0v) is 15.9. The minimum Gasteiger partial charge on any atom is -0.454 e. The van der Waals surface area contributed by atoms with Crippen LogP contribution in [0.2, 0.25) is 0 Å². The molecule has 0 N–H and O–H groups in total. The number of rotatable bonds is 3. The Balaban J connectivity index is 1.31. The summed E-state index contributed by atoms with van der Waals surface area (Å²) in [5.74, 6) is 1.60. The standard InChI is InChI=1S/C20H27N3O4/c1-2-21-9-11-23(12-10-21)19(24)15-5-7-22(8-6-15)20(25)16-3-4-17-18(13-16)27-14-26-17/h3-4,13,15H,2,5-12,14H2,1H3. The van der Waals surface area contributed by atoms with Crippen molar-refractivity contribution in [2.24, 2.45) is 5.92 Å². The first-order chi connectivity index (χ1) is 13.2. The van der Waals surface area contributed by atoms with E-state index < -0.39 is 0 Å². The molecular formula is C20H27N3O4. The van der Waals surface area contributed by atoms with Crippen LogP contribution in [0.5, 0.6) is 11.5 Å². The van der Waals surface area contributed by atoms with E-state index in [0.29, 0.717) is 30.2 Å². The first-order valence-electron chi connectivity index (χ1n) is 9.85. The largest absolute Gasteiger partial charge is 0.454 e. The molecule has 0 saturated carbocycles. The van der Waals surface area contributed by atoms with Gasteiger partial charge in [0.05, 0.1) is 0 Å². The second kappa shape index (κ2) is 7.76. The van der Waals surface area contributed by atoms with Gasteiger partial charge in [-0.25, -0.2) is 0 Å². The third-order valence-corrected chi connectivity index (χ3v) is 5.88. The molecule has 2 amide bonds. The van der Waals surface area contributed by atoms with Crippen molar-refractivity contribution in [3.63, 3.8) is 0 Å². The van der Waals surface area contributed by atoms with Gasteiger partial charge in [-0.1, -0.05) is 6.92 Å². The number of benzene rings is 1. The Labute approximate surface area is 159 Å². The number of hydrogen-bond donors (Lipinski definition) is 0. The third-order valence-electron chi connectivity index (χ3n) is 5.88. The molecule has 27 heavy (non-hydrogen) atoms. The van der Waals surface area contributed by atoms with Crippen molar-refractivity contribution >= 4 is 11.8 Å². The number of likely N-dealkylation sites (tertiary alicyclic amines) is 1. The Kier molecular flexibility index (Phi) is 5.20. The van der Waals surface area contributed by atoms with Crippen LogP contribution >= 0.6 is 0 Å². The monoisotopic (exact) mass is 373 g/mol. The van der Waals surface area contributed by atoms with Crippen molar-refractivity contribution in [1.82, 2.24) is 14.7 Å². The van der Waals surface area contributed by atoms with Crippen molar-refractivity contribution in [1.29, 1.82) is 0 Å². The van der Waals surface area contributed by atoms with Gasteiger partial charge in [-0.3, -0.25) is 9.59 Å². The van der Waals surface area contributed by atoms with Crippen LogP contribution < -0.4 is 9.47 Å². The molecule has 3 aliphatic rings. The molecule has 3 heterocycles. The molecule has 0 aliphatic carbocycles. The summed E-state index contributed by atoms with van der Waals surface area (Å²) in [5, 5.41) is 0. The molecule has 0 atom stereocenters. The third kappa shape index (κ3) is 3.74. The van der Waals surface area contributed by atoms with Crippen molar-refractivity contribution in [2.75, 3.05) is 52.6 Å². The lowest BCUT2D eigenvalue weighted by Gasteiger charge is -2.38. The van der Waals surface area contributed by atoms with Crippen LogP contribution in [-0.4, -0.2) is 79.1 Å². The minimum absolute atomic E-state index is 0.00393. The predicted octanol–water partition coefficient (Wildman–Crippen LogP) is 1.43. The summed E-state index contributed by atoms with van der Waals surface area (Å²) in [7, 11) is 0. The van der Waals surface area contributed by atoms with Gasteiger partial charge in [0.1, 0.15) is 0 Å². The molecule has 7 heteroatoms. The van der Waals surface area contributed by atoms with Gasteiger partial charge >= 0.3 is 0 Å². The van der Waals surface area contributed by atoms with Crippen molar-refractivity contribution in [3.8, 4) is 11.5 Å². The Morgan fingerprint density at radius 3 is 2.37 bits per heavy atom. The highest BCUT2D eigenvalue weighted by atomic mass is 16.7. The molecule has 0 unspecified atom stereocenters. The molecule has 0 bridgehead atoms. The molecule has 4 rings (SSSR count). The summed E-state index contributed by atoms with van der Waals surface area (Å²) in [5.41, 5.74) is 0.611. The normalized spacial score (nSPS) is 20.8. The molecule has 146 valence electrons. The number of fused-ring (bicyclic) bond motifs is 1. The van der Waals surface area contributed by atoms with Crippen LogP contribution in [0.3, 0.4) is 0 Å². The highest BCUT2D eigenvalue weighted by Crippen LogP contribution is 2.33. The zero-order valence-electron chi connectivity index (χ0n) is 15.9. The highest BCUT2D eigenvalue weighted by molar-refractivity contribution is 5.95. The van der Waals surface area contributed by atoms with Gasteiger partial charge in [0.15, 0.2) is 11.5 Å². The van der Waals surface area contributed by atoms with Gasteiger partial charge in [-0.05, 0) is 37.6 Å². The summed E-state index contributed by atoms with van der Waals surface area (Å²) in [6.07, 6.45) is 1.48. The van der Waals surface area contributed by atoms with Crippen molar-refractivity contribution in [2.45, 2.75) is 19.8 Å². The Morgan fingerprint density at radius 1 is 0.963 bits per heavy atom. The summed E-state index contributed by atoms with van der Waals surface area (Å²) in [6, 6.07) is 5.30. The topological polar surface area (TPSA) is 62.3 Å². The summed E-state index contributed by atoms with van der Waals surface area (Å²) in [6.45, 7) is 8.22. The summed E-state index contributed by atoms with van der Waals surface area (Å²) in [4.78, 5) is 31.8. The summed E-state index contributed by atoms with van der Waals surface area (Å²) < 4.78 is 10.7. The molecule has 2 fully saturated rings. The highest BCUT2D eigenvalue weighted by Gasteiger charge is 2.32. The number of piperidine rings is 1. The van der Waals surface area contributed by atoms with Crippen LogP contribution in [0.4, 0.5) is 0 Å². The molecule has 0 spiro atoms. The van der Waals surface area contributed by atoms with Crippen molar-refractivity contribution < 1.29 is 19.1 Å². The van der Waals surface area contributed by atoms with Gasteiger partial charge in [-0.2, -0.15) is 0 Å². The number of ether oxygens (including phenoxy) is 2. The fraction of sp³-hybridized carbons (Fsp3) is 0.600. The van der Waals surface area contributed by atoms with E-state index in [1.54, 1.807) is 18.2 Å². The van der Waals surface area contributed by atoms with E-state index in [0.717, 1.165) is 45.6 Å². The van der Waals surface area contributed by atoms with Crippen LogP contribution in [-0.2, 0) is 4.79 Å². The number of amides is 2. The van der Waals surface area contributed by atoms with E-state index in [2.05, 4.69) is 11.8 Å². The fourth-order valence-electron chi connectivity index (χ4n) is 4.08. The Hall–Kier alpha value is -2.28. The second-order valence-electron chi connectivity index (χ2n) is 7.39. The first-order valence-corrected chi connectivity index (χ1v) is 9.85. The molecule has 7 nitrogen and oxygen atoms in total. The maximum atomic E-state index is 12.8. The average molecular weight is 373 g/mol. The fourth-order valence-corrected chi connectivity index (χ4v) is 4.08. The molecule has 0 radical (unpaired) electrons. The lowest BCUT2D eigenvalue weighted by molar-refractivity contribution is -0.138. The smallest absolute Gasteiger partial charge is 0.253 e. The van der Waals surface area contributed by atoms with Gasteiger partial charge in [0, 0.05) is 50.7 Å². The van der Waals surface area contributed by atoms with Crippen LogP contribution in [0.25, 0.3) is 0 Å². The summed E-state index contributed by atoms with van der Waals surface area (Å²) >= 11 is 0. The number of piperazine rings is 1. The quantitative estimate of drug-likeness (QED) is 0.802. The molecule has 0 aromatic heterocycles. The number of likely N-dealkylation sites (N-methyl/N-ethyl adjacent to an activating group) is 1. The molecule has 2 saturated heterocycles. The predicted molar refractivity (Wildman–Crippen MR) is 99.9 cm³/mol. The van der Waals surface area contributed by atoms with Crippen molar-refractivity contribution in [3.05, 3.63) is 23.8 Å². The van der Waals surface area contributed by atoms with Crippen LogP contribution in [0, 0.1) is 5.92 Å². The Morgan fingerprint density at radius 2 is 1.67 bits per heavy atom. The number of nitrogens with zero attached hydrogens (tertiary/aromatic N) is 3.